The van der Waals surface area contributed by atoms with Gasteiger partial charge in [-0.05, 0) is 73.6 Å². The summed E-state index contributed by atoms with van der Waals surface area (Å²) >= 11 is 0. The molecule has 192 valence electrons. The summed E-state index contributed by atoms with van der Waals surface area (Å²) in [6.45, 7) is 4.87. The average molecular weight is 506 g/mol. The second-order valence-corrected chi connectivity index (χ2v) is 11.4. The van der Waals surface area contributed by atoms with Crippen molar-refractivity contribution in [2.45, 2.75) is 61.9 Å². The van der Waals surface area contributed by atoms with E-state index >= 15 is 0 Å². The molecule has 1 amide bonds. The molecule has 2 aromatic rings. The summed E-state index contributed by atoms with van der Waals surface area (Å²) in [5, 5.41) is 12.8. The maximum Gasteiger partial charge on any atom is 0.280 e. The molecule has 1 saturated carbocycles. The van der Waals surface area contributed by atoms with Crippen LogP contribution in [0.1, 0.15) is 45.1 Å². The number of hydroxylamine groups is 1. The van der Waals surface area contributed by atoms with Crippen molar-refractivity contribution in [1.29, 1.82) is 0 Å². The number of nitrogens with one attached hydrogen (secondary N) is 2. The van der Waals surface area contributed by atoms with Crippen LogP contribution in [-0.4, -0.2) is 49.2 Å². The molecule has 1 fully saturated rings. The number of benzene rings is 1. The van der Waals surface area contributed by atoms with Crippen molar-refractivity contribution in [3.8, 4) is 5.75 Å². The van der Waals surface area contributed by atoms with Crippen molar-refractivity contribution in [3.63, 3.8) is 0 Å². The summed E-state index contributed by atoms with van der Waals surface area (Å²) in [5.74, 6) is -0.713. The van der Waals surface area contributed by atoms with Crippen LogP contribution in [0.5, 0.6) is 5.75 Å². The number of methoxy groups -OCH3 is 1. The molecular weight excluding hydrogens is 470 g/mol. The van der Waals surface area contributed by atoms with Crippen LogP contribution in [0.4, 0.5) is 0 Å². The van der Waals surface area contributed by atoms with E-state index in [1.165, 1.54) is 31.4 Å². The van der Waals surface area contributed by atoms with Gasteiger partial charge in [-0.15, -0.1) is 0 Å². The van der Waals surface area contributed by atoms with Crippen LogP contribution in [0.15, 0.2) is 53.7 Å². The number of sulfone groups is 1. The molecule has 35 heavy (non-hydrogen) atoms. The third-order valence-corrected chi connectivity index (χ3v) is 8.85. The fraction of sp³-hybridized carbons (Fsp3) is 0.520. The van der Waals surface area contributed by atoms with Crippen LogP contribution in [0, 0.1) is 11.8 Å². The second kappa shape index (κ2) is 11.9. The van der Waals surface area contributed by atoms with Gasteiger partial charge in [-0.3, -0.25) is 20.3 Å². The minimum Gasteiger partial charge on any atom is -0.497 e. The number of ether oxygens (including phenoxy) is 2. The molecular formula is C25H35N3O6S. The maximum atomic E-state index is 14.2. The van der Waals surface area contributed by atoms with Crippen LogP contribution in [-0.2, 0) is 25.9 Å². The zero-order valence-electron chi connectivity index (χ0n) is 20.4. The summed E-state index contributed by atoms with van der Waals surface area (Å²) in [6.07, 6.45) is 5.32. The Morgan fingerprint density at radius 1 is 1.11 bits per heavy atom. The highest BCUT2D eigenvalue weighted by molar-refractivity contribution is 7.93. The first-order chi connectivity index (χ1) is 16.7. The quantitative estimate of drug-likeness (QED) is 0.314. The summed E-state index contributed by atoms with van der Waals surface area (Å²) in [7, 11) is -2.82. The minimum absolute atomic E-state index is 0.00688. The zero-order chi connectivity index (χ0) is 25.5. The molecule has 1 heterocycles. The van der Waals surface area contributed by atoms with E-state index in [0.717, 1.165) is 5.56 Å². The van der Waals surface area contributed by atoms with Crippen molar-refractivity contribution < 1.29 is 27.9 Å². The molecule has 0 saturated heterocycles. The Labute approximate surface area is 207 Å². The standard InChI is InChI=1S/C25H35N3O6S/c1-18(2)17-34-22-6-4-20(5-7-22)25(24(29)28-30,27-16-19-12-14-26-15-13-19)35(31,32)23-10-8-21(33-3)9-11-23/h8-15,18,20,22,27,30H,4-7,16-17H2,1-3H3,(H,28,29)/t20?,22?,25-/m1/s1. The molecule has 9 nitrogen and oxygen atoms in total. The summed E-state index contributed by atoms with van der Waals surface area (Å²) < 4.78 is 39.4. The van der Waals surface area contributed by atoms with Gasteiger partial charge in [0, 0.05) is 31.5 Å². The van der Waals surface area contributed by atoms with E-state index in [2.05, 4.69) is 24.1 Å². The highest BCUT2D eigenvalue weighted by Gasteiger charge is 2.57. The van der Waals surface area contributed by atoms with Crippen molar-refractivity contribution in [2.75, 3.05) is 13.7 Å². The predicted octanol–water partition coefficient (Wildman–Crippen LogP) is 3.09. The smallest absolute Gasteiger partial charge is 0.280 e. The van der Waals surface area contributed by atoms with Gasteiger partial charge in [-0.1, -0.05) is 13.8 Å². The Balaban J connectivity index is 2.00. The van der Waals surface area contributed by atoms with Crippen LogP contribution in [0.3, 0.4) is 0 Å². The largest absolute Gasteiger partial charge is 0.497 e. The highest BCUT2D eigenvalue weighted by atomic mass is 32.2. The molecule has 1 atom stereocenters. The van der Waals surface area contributed by atoms with E-state index in [9.17, 15) is 18.4 Å². The fourth-order valence-corrected chi connectivity index (χ4v) is 6.66. The molecule has 3 N–H and O–H groups in total. The summed E-state index contributed by atoms with van der Waals surface area (Å²) in [4.78, 5) is 15.2. The minimum atomic E-state index is -4.31. The SMILES string of the molecule is COc1ccc(S(=O)(=O)[C@@](NCc2ccncc2)(C(=O)NO)C2CCC(OCC(C)C)CC2)cc1. The number of carbonyl (C=O) groups excluding carboxylic acids is 1. The lowest BCUT2D eigenvalue weighted by Crippen LogP contribution is -2.66. The molecule has 1 aromatic carbocycles. The number of aromatic nitrogens is 1. The third-order valence-electron chi connectivity index (χ3n) is 6.45. The van der Waals surface area contributed by atoms with E-state index < -0.39 is 26.5 Å². The lowest BCUT2D eigenvalue weighted by atomic mass is 9.81. The van der Waals surface area contributed by atoms with Gasteiger partial charge in [0.15, 0.2) is 0 Å². The van der Waals surface area contributed by atoms with E-state index in [0.29, 0.717) is 44.0 Å². The molecule has 1 aliphatic rings. The lowest BCUT2D eigenvalue weighted by molar-refractivity contribution is -0.135. The van der Waals surface area contributed by atoms with Gasteiger partial charge in [0.1, 0.15) is 5.75 Å². The average Bonchev–Trinajstić information content (AvgIpc) is 2.88. The molecule has 0 unspecified atom stereocenters. The Kier molecular flexibility index (Phi) is 9.23. The number of nitrogens with zero attached hydrogens (tertiary/aromatic N) is 1. The van der Waals surface area contributed by atoms with Crippen LogP contribution >= 0.6 is 0 Å². The third kappa shape index (κ3) is 6.00. The van der Waals surface area contributed by atoms with Gasteiger partial charge in [-0.25, -0.2) is 13.9 Å². The fourth-order valence-electron chi connectivity index (χ4n) is 4.57. The molecule has 0 aliphatic heterocycles. The molecule has 0 spiro atoms. The molecule has 0 radical (unpaired) electrons. The van der Waals surface area contributed by atoms with Crippen LogP contribution in [0.25, 0.3) is 0 Å². The molecule has 3 rings (SSSR count). The van der Waals surface area contributed by atoms with Crippen molar-refractivity contribution >= 4 is 15.7 Å². The molecule has 10 heteroatoms. The molecule has 0 bridgehead atoms. The van der Waals surface area contributed by atoms with Crippen molar-refractivity contribution in [2.24, 2.45) is 11.8 Å². The first-order valence-electron chi connectivity index (χ1n) is 11.8. The number of hydrogen-bond donors (Lipinski definition) is 3. The number of carbonyl (C=O) groups is 1. The van der Waals surface area contributed by atoms with Gasteiger partial charge < -0.3 is 9.47 Å². The second-order valence-electron chi connectivity index (χ2n) is 9.27. The number of pyridine rings is 1. The molecule has 1 aliphatic carbocycles. The van der Waals surface area contributed by atoms with E-state index in [-0.39, 0.29) is 17.5 Å². The Morgan fingerprint density at radius 3 is 2.29 bits per heavy atom. The van der Waals surface area contributed by atoms with Crippen molar-refractivity contribution in [3.05, 3.63) is 54.4 Å². The summed E-state index contributed by atoms with van der Waals surface area (Å²) in [5.41, 5.74) is 2.40. The highest BCUT2D eigenvalue weighted by Crippen LogP contribution is 2.41. The van der Waals surface area contributed by atoms with Gasteiger partial charge >= 0.3 is 0 Å². The lowest BCUT2D eigenvalue weighted by Gasteiger charge is -2.42. The predicted molar refractivity (Wildman–Crippen MR) is 130 cm³/mol. The topological polar surface area (TPSA) is 127 Å². The zero-order valence-corrected chi connectivity index (χ0v) is 21.3. The van der Waals surface area contributed by atoms with Crippen molar-refractivity contribution in [1.82, 2.24) is 15.8 Å². The van der Waals surface area contributed by atoms with Gasteiger partial charge in [0.2, 0.25) is 14.7 Å². The number of amides is 1. The van der Waals surface area contributed by atoms with Gasteiger partial charge in [-0.2, -0.15) is 0 Å². The van der Waals surface area contributed by atoms with E-state index in [1.54, 1.807) is 30.0 Å². The van der Waals surface area contributed by atoms with Gasteiger partial charge in [0.05, 0.1) is 18.1 Å². The molecule has 1 aromatic heterocycles. The van der Waals surface area contributed by atoms with E-state index in [1.807, 2.05) is 0 Å². The van der Waals surface area contributed by atoms with Crippen LogP contribution < -0.4 is 15.5 Å². The summed E-state index contributed by atoms with van der Waals surface area (Å²) in [6, 6.07) is 9.39. The Hall–Kier alpha value is -2.53. The Morgan fingerprint density at radius 2 is 1.74 bits per heavy atom. The first kappa shape index (κ1) is 27.1. The number of hydrogen-bond acceptors (Lipinski definition) is 8. The maximum absolute atomic E-state index is 14.2. The first-order valence-corrected chi connectivity index (χ1v) is 13.3. The van der Waals surface area contributed by atoms with Crippen LogP contribution in [0.2, 0.25) is 0 Å². The normalized spacial score (nSPS) is 20.3. The Bertz CT molecular complexity index is 1050. The monoisotopic (exact) mass is 505 g/mol. The van der Waals surface area contributed by atoms with Gasteiger partial charge in [0.25, 0.3) is 5.91 Å². The number of rotatable bonds is 11. The van der Waals surface area contributed by atoms with E-state index in [4.69, 9.17) is 9.47 Å².